The minimum atomic E-state index is -0.552. The van der Waals surface area contributed by atoms with Gasteiger partial charge in [0.05, 0.1) is 4.92 Å². The Labute approximate surface area is 149 Å². The maximum absolute atomic E-state index is 12.2. The molecule has 8 nitrogen and oxygen atoms in total. The van der Waals surface area contributed by atoms with Crippen LogP contribution in [0, 0.1) is 10.1 Å². The van der Waals surface area contributed by atoms with Crippen LogP contribution < -0.4 is 4.90 Å². The molecule has 1 atom stereocenters. The molecule has 0 radical (unpaired) electrons. The largest absolute Gasteiger partial charge is 0.444 e. The van der Waals surface area contributed by atoms with Crippen LogP contribution in [0.2, 0.25) is 0 Å². The van der Waals surface area contributed by atoms with Crippen molar-refractivity contribution in [3.05, 3.63) is 26.9 Å². The van der Waals surface area contributed by atoms with Crippen LogP contribution in [0.15, 0.2) is 16.7 Å². The molecule has 1 aliphatic heterocycles. The third-order valence-corrected chi connectivity index (χ3v) is 4.00. The summed E-state index contributed by atoms with van der Waals surface area (Å²) in [5.41, 5.74) is -0.606. The number of hydrogen-bond donors (Lipinski definition) is 0. The highest BCUT2D eigenvalue weighted by molar-refractivity contribution is 9.10. The molecule has 1 aromatic rings. The topological polar surface area (TPSA) is 88.8 Å². The van der Waals surface area contributed by atoms with Crippen LogP contribution in [-0.4, -0.2) is 52.2 Å². The first-order valence-corrected chi connectivity index (χ1v) is 8.42. The van der Waals surface area contributed by atoms with E-state index in [1.54, 1.807) is 4.90 Å². The molecule has 1 aliphatic rings. The zero-order valence-corrected chi connectivity index (χ0v) is 15.7. The van der Waals surface area contributed by atoms with E-state index in [0.29, 0.717) is 29.9 Å². The Balaban J connectivity index is 2.15. The average Bonchev–Trinajstić information content (AvgIpc) is 2.45. The number of nitrogens with zero attached hydrogens (tertiary/aromatic N) is 4. The molecule has 0 N–H and O–H groups in total. The smallest absolute Gasteiger partial charge is 0.410 e. The predicted octanol–water partition coefficient (Wildman–Crippen LogP) is 3.20. The summed E-state index contributed by atoms with van der Waals surface area (Å²) in [6.45, 7) is 8.66. The maximum Gasteiger partial charge on any atom is 0.410 e. The van der Waals surface area contributed by atoms with Crippen LogP contribution in [0.25, 0.3) is 0 Å². The molecular formula is C15H21BrN4O4. The molecular weight excluding hydrogens is 380 g/mol. The van der Waals surface area contributed by atoms with Crippen molar-refractivity contribution in [1.82, 2.24) is 9.88 Å². The van der Waals surface area contributed by atoms with E-state index in [1.165, 1.54) is 12.3 Å². The number of pyridine rings is 1. The molecule has 0 aromatic carbocycles. The molecule has 1 aromatic heterocycles. The normalized spacial score (nSPS) is 18.5. The van der Waals surface area contributed by atoms with Gasteiger partial charge in [-0.25, -0.2) is 9.78 Å². The maximum atomic E-state index is 12.2. The van der Waals surface area contributed by atoms with Gasteiger partial charge >= 0.3 is 11.8 Å². The van der Waals surface area contributed by atoms with E-state index >= 15 is 0 Å². The van der Waals surface area contributed by atoms with Gasteiger partial charge in [0.15, 0.2) is 0 Å². The summed E-state index contributed by atoms with van der Waals surface area (Å²) >= 11 is 3.21. The van der Waals surface area contributed by atoms with Crippen LogP contribution in [-0.2, 0) is 4.74 Å². The van der Waals surface area contributed by atoms with E-state index in [-0.39, 0.29) is 17.8 Å². The van der Waals surface area contributed by atoms with Gasteiger partial charge in [-0.05, 0) is 43.6 Å². The van der Waals surface area contributed by atoms with Crippen LogP contribution in [0.3, 0.4) is 0 Å². The number of nitro groups is 1. The summed E-state index contributed by atoms with van der Waals surface area (Å²) < 4.78 is 5.94. The number of anilines is 1. The summed E-state index contributed by atoms with van der Waals surface area (Å²) in [5.74, 6) is 0.319. The van der Waals surface area contributed by atoms with Gasteiger partial charge in [-0.1, -0.05) is 0 Å². The second-order valence-electron chi connectivity index (χ2n) is 6.72. The number of ether oxygens (including phenoxy) is 1. The van der Waals surface area contributed by atoms with Crippen molar-refractivity contribution < 1.29 is 14.5 Å². The van der Waals surface area contributed by atoms with Crippen molar-refractivity contribution in [3.63, 3.8) is 0 Å². The lowest BCUT2D eigenvalue weighted by Crippen LogP contribution is -2.55. The summed E-state index contributed by atoms with van der Waals surface area (Å²) in [6.07, 6.45) is 1.17. The standard InChI is InChI=1S/C15H21BrN4O4/c1-10-9-18(14(21)24-15(2,3)4)5-6-19(10)13-12(20(22)23)7-11(16)8-17-13/h7-8,10H,5-6,9H2,1-4H3/t10-/m0/s1. The van der Waals surface area contributed by atoms with Gasteiger partial charge in [-0.2, -0.15) is 0 Å². The minimum Gasteiger partial charge on any atom is -0.444 e. The summed E-state index contributed by atoms with van der Waals surface area (Å²) in [6, 6.07) is 1.33. The van der Waals surface area contributed by atoms with Gasteiger partial charge < -0.3 is 14.5 Å². The van der Waals surface area contributed by atoms with Crippen molar-refractivity contribution in [2.45, 2.75) is 39.3 Å². The Bertz CT molecular complexity index is 647. The molecule has 0 bridgehead atoms. The number of amides is 1. The van der Waals surface area contributed by atoms with Crippen LogP contribution in [0.4, 0.5) is 16.3 Å². The van der Waals surface area contributed by atoms with E-state index in [4.69, 9.17) is 4.74 Å². The predicted molar refractivity (Wildman–Crippen MR) is 93.2 cm³/mol. The van der Waals surface area contributed by atoms with Crippen LogP contribution in [0.5, 0.6) is 0 Å². The first-order chi connectivity index (χ1) is 11.1. The monoisotopic (exact) mass is 400 g/mol. The molecule has 1 amide bonds. The number of carbonyl (C=O) groups excluding carboxylic acids is 1. The Morgan fingerprint density at radius 1 is 1.46 bits per heavy atom. The Morgan fingerprint density at radius 2 is 2.12 bits per heavy atom. The third kappa shape index (κ3) is 4.34. The van der Waals surface area contributed by atoms with Gasteiger partial charge in [0.1, 0.15) is 5.60 Å². The van der Waals surface area contributed by atoms with E-state index < -0.39 is 10.5 Å². The second kappa shape index (κ2) is 6.92. The highest BCUT2D eigenvalue weighted by atomic mass is 79.9. The second-order valence-corrected chi connectivity index (χ2v) is 7.64. The Hall–Kier alpha value is -1.90. The molecule has 132 valence electrons. The van der Waals surface area contributed by atoms with E-state index in [1.807, 2.05) is 32.6 Å². The number of rotatable bonds is 2. The van der Waals surface area contributed by atoms with Gasteiger partial charge in [-0.15, -0.1) is 0 Å². The number of halogens is 1. The molecule has 1 saturated heterocycles. The zero-order valence-electron chi connectivity index (χ0n) is 14.2. The Morgan fingerprint density at radius 3 is 2.67 bits per heavy atom. The quantitative estimate of drug-likeness (QED) is 0.559. The Kier molecular flexibility index (Phi) is 5.32. The molecule has 2 heterocycles. The molecule has 0 spiro atoms. The van der Waals surface area contributed by atoms with Gasteiger partial charge in [0, 0.05) is 42.4 Å². The van der Waals surface area contributed by atoms with Crippen molar-refractivity contribution in [2.75, 3.05) is 24.5 Å². The van der Waals surface area contributed by atoms with E-state index in [9.17, 15) is 14.9 Å². The van der Waals surface area contributed by atoms with E-state index in [0.717, 1.165) is 0 Å². The molecule has 2 rings (SSSR count). The lowest BCUT2D eigenvalue weighted by molar-refractivity contribution is -0.384. The average molecular weight is 401 g/mol. The van der Waals surface area contributed by atoms with Crippen molar-refractivity contribution >= 4 is 33.5 Å². The molecule has 0 aliphatic carbocycles. The highest BCUT2D eigenvalue weighted by Crippen LogP contribution is 2.31. The zero-order chi connectivity index (χ0) is 18.1. The van der Waals surface area contributed by atoms with Crippen molar-refractivity contribution in [1.29, 1.82) is 0 Å². The lowest BCUT2D eigenvalue weighted by atomic mass is 10.2. The summed E-state index contributed by atoms with van der Waals surface area (Å²) in [7, 11) is 0. The first-order valence-electron chi connectivity index (χ1n) is 7.63. The third-order valence-electron chi connectivity index (χ3n) is 3.56. The van der Waals surface area contributed by atoms with Crippen LogP contribution in [0.1, 0.15) is 27.7 Å². The highest BCUT2D eigenvalue weighted by Gasteiger charge is 2.33. The van der Waals surface area contributed by atoms with Crippen molar-refractivity contribution in [3.8, 4) is 0 Å². The number of aromatic nitrogens is 1. The fourth-order valence-electron chi connectivity index (χ4n) is 2.54. The molecule has 9 heteroatoms. The lowest BCUT2D eigenvalue weighted by Gasteiger charge is -2.40. The fourth-order valence-corrected chi connectivity index (χ4v) is 2.86. The molecule has 24 heavy (non-hydrogen) atoms. The van der Waals surface area contributed by atoms with Gasteiger partial charge in [0.2, 0.25) is 5.82 Å². The first kappa shape index (κ1) is 18.4. The summed E-state index contributed by atoms with van der Waals surface area (Å²) in [5, 5.41) is 11.3. The van der Waals surface area contributed by atoms with Gasteiger partial charge in [-0.3, -0.25) is 10.1 Å². The fraction of sp³-hybridized carbons (Fsp3) is 0.600. The SMILES string of the molecule is C[C@H]1CN(C(=O)OC(C)(C)C)CCN1c1ncc(Br)cc1[N+](=O)[O-]. The molecule has 1 fully saturated rings. The van der Waals surface area contributed by atoms with Crippen molar-refractivity contribution in [2.24, 2.45) is 0 Å². The van der Waals surface area contributed by atoms with Gasteiger partial charge in [0.25, 0.3) is 0 Å². The molecule has 0 saturated carbocycles. The minimum absolute atomic E-state index is 0.0538. The number of piperazine rings is 1. The molecule has 0 unspecified atom stereocenters. The summed E-state index contributed by atoms with van der Waals surface area (Å²) in [4.78, 5) is 30.7. The van der Waals surface area contributed by atoms with E-state index in [2.05, 4.69) is 20.9 Å². The number of hydrogen-bond acceptors (Lipinski definition) is 6. The number of carbonyl (C=O) groups is 1. The van der Waals surface area contributed by atoms with Crippen LogP contribution >= 0.6 is 15.9 Å².